The number of methoxy groups -OCH3 is 1. The monoisotopic (exact) mass is 281 g/mol. The van der Waals surface area contributed by atoms with E-state index in [4.69, 9.17) is 4.74 Å². The number of ketones is 1. The minimum Gasteiger partial charge on any atom is -0.496 e. The molecule has 0 fully saturated rings. The lowest BCUT2D eigenvalue weighted by atomic mass is 10.1. The summed E-state index contributed by atoms with van der Waals surface area (Å²) in [7, 11) is 1.44. The quantitative estimate of drug-likeness (QED) is 0.688. The van der Waals surface area contributed by atoms with Crippen molar-refractivity contribution in [3.63, 3.8) is 0 Å². The molecule has 104 valence electrons. The van der Waals surface area contributed by atoms with Gasteiger partial charge in [-0.3, -0.25) is 4.79 Å². The summed E-state index contributed by atoms with van der Waals surface area (Å²) < 4.78 is 18.5. The summed E-state index contributed by atoms with van der Waals surface area (Å²) in [5, 5.41) is 0.945. The van der Waals surface area contributed by atoms with Crippen molar-refractivity contribution in [3.8, 4) is 5.75 Å². The molecule has 4 heteroatoms. The highest BCUT2D eigenvalue weighted by atomic mass is 19.1. The first-order chi connectivity index (χ1) is 10.2. The highest BCUT2D eigenvalue weighted by Gasteiger charge is 2.17. The van der Waals surface area contributed by atoms with E-state index >= 15 is 0 Å². The molecule has 1 heterocycles. The number of fused-ring (bicyclic) bond motifs is 1. The van der Waals surface area contributed by atoms with Gasteiger partial charge in [-0.05, 0) is 30.3 Å². The molecule has 2 aromatic carbocycles. The third kappa shape index (κ3) is 2.48. The molecule has 0 radical (unpaired) electrons. The molecular formula is C17H12FNO2. The first-order valence-electron chi connectivity index (χ1n) is 6.43. The van der Waals surface area contributed by atoms with Crippen molar-refractivity contribution in [2.24, 2.45) is 0 Å². The predicted octanol–water partition coefficient (Wildman–Crippen LogP) is 3.61. The van der Waals surface area contributed by atoms with Crippen molar-refractivity contribution >= 4 is 16.7 Å². The van der Waals surface area contributed by atoms with E-state index in [1.54, 1.807) is 6.07 Å². The number of rotatable bonds is 3. The maximum atomic E-state index is 13.4. The van der Waals surface area contributed by atoms with Crippen LogP contribution in [0.25, 0.3) is 10.9 Å². The lowest BCUT2D eigenvalue weighted by molar-refractivity contribution is 0.103. The van der Waals surface area contributed by atoms with Gasteiger partial charge in [0.1, 0.15) is 17.3 Å². The average molecular weight is 281 g/mol. The van der Waals surface area contributed by atoms with Gasteiger partial charge in [0, 0.05) is 5.39 Å². The second-order valence-corrected chi connectivity index (χ2v) is 4.56. The van der Waals surface area contributed by atoms with Gasteiger partial charge in [-0.2, -0.15) is 0 Å². The van der Waals surface area contributed by atoms with Crippen LogP contribution in [-0.4, -0.2) is 17.9 Å². The molecule has 21 heavy (non-hydrogen) atoms. The second kappa shape index (κ2) is 5.32. The normalized spacial score (nSPS) is 10.6. The molecule has 0 aliphatic carbocycles. The molecule has 0 atom stereocenters. The molecule has 3 aromatic rings. The van der Waals surface area contributed by atoms with Crippen molar-refractivity contribution in [2.45, 2.75) is 0 Å². The number of carbonyl (C=O) groups excluding carboxylic acids is 1. The lowest BCUT2D eigenvalue weighted by Gasteiger charge is -2.08. The van der Waals surface area contributed by atoms with Gasteiger partial charge in [0.2, 0.25) is 5.78 Å². The molecule has 0 amide bonds. The topological polar surface area (TPSA) is 39.2 Å². The zero-order chi connectivity index (χ0) is 14.8. The number of halogens is 1. The van der Waals surface area contributed by atoms with Crippen LogP contribution in [0.3, 0.4) is 0 Å². The Morgan fingerprint density at radius 2 is 1.90 bits per heavy atom. The third-order valence-corrected chi connectivity index (χ3v) is 3.24. The van der Waals surface area contributed by atoms with E-state index in [0.29, 0.717) is 5.75 Å². The highest BCUT2D eigenvalue weighted by Crippen LogP contribution is 2.23. The predicted molar refractivity (Wildman–Crippen MR) is 78.1 cm³/mol. The van der Waals surface area contributed by atoms with E-state index in [1.165, 1.54) is 19.2 Å². The minimum atomic E-state index is -0.486. The maximum absolute atomic E-state index is 13.4. The van der Waals surface area contributed by atoms with Gasteiger partial charge >= 0.3 is 0 Å². The molecule has 3 nitrogen and oxygen atoms in total. The largest absolute Gasteiger partial charge is 0.496 e. The Morgan fingerprint density at radius 1 is 1.10 bits per heavy atom. The summed E-state index contributed by atoms with van der Waals surface area (Å²) in [4.78, 5) is 16.8. The molecule has 0 aliphatic heterocycles. The fourth-order valence-electron chi connectivity index (χ4n) is 2.19. The van der Waals surface area contributed by atoms with E-state index in [-0.39, 0.29) is 17.0 Å². The first kappa shape index (κ1) is 13.2. The summed E-state index contributed by atoms with van der Waals surface area (Å²) in [5.41, 5.74) is 1.15. The molecular weight excluding hydrogens is 269 g/mol. The molecule has 3 rings (SSSR count). The van der Waals surface area contributed by atoms with Crippen LogP contribution in [0.4, 0.5) is 4.39 Å². The number of hydrogen-bond donors (Lipinski definition) is 0. The van der Waals surface area contributed by atoms with Crippen LogP contribution in [-0.2, 0) is 0 Å². The van der Waals surface area contributed by atoms with Crippen molar-refractivity contribution in [1.29, 1.82) is 0 Å². The number of pyridine rings is 1. The fourth-order valence-corrected chi connectivity index (χ4v) is 2.19. The van der Waals surface area contributed by atoms with Crippen LogP contribution in [0.5, 0.6) is 5.75 Å². The summed E-state index contributed by atoms with van der Waals surface area (Å²) in [5.74, 6) is -0.520. The number of hydrogen-bond acceptors (Lipinski definition) is 3. The number of carbonyl (C=O) groups is 1. The minimum absolute atomic E-state index is 0.167. The Balaban J connectivity index is 2.10. The summed E-state index contributed by atoms with van der Waals surface area (Å²) in [6, 6.07) is 14.8. The molecule has 1 aromatic heterocycles. The lowest BCUT2D eigenvalue weighted by Crippen LogP contribution is -2.06. The number of para-hydroxylation sites is 1. The molecule has 0 spiro atoms. The summed E-state index contributed by atoms with van der Waals surface area (Å²) in [6.45, 7) is 0. The summed E-state index contributed by atoms with van der Waals surface area (Å²) in [6.07, 6.45) is 0. The van der Waals surface area contributed by atoms with E-state index in [9.17, 15) is 9.18 Å². The van der Waals surface area contributed by atoms with Crippen LogP contribution in [0.15, 0.2) is 54.6 Å². The van der Waals surface area contributed by atoms with Crippen LogP contribution in [0.2, 0.25) is 0 Å². The average Bonchev–Trinajstić information content (AvgIpc) is 2.53. The van der Waals surface area contributed by atoms with Crippen molar-refractivity contribution in [2.75, 3.05) is 7.11 Å². The van der Waals surface area contributed by atoms with Gasteiger partial charge in [0.15, 0.2) is 0 Å². The van der Waals surface area contributed by atoms with Gasteiger partial charge in [-0.15, -0.1) is 0 Å². The first-order valence-corrected chi connectivity index (χ1v) is 6.43. The van der Waals surface area contributed by atoms with E-state index in [2.05, 4.69) is 4.98 Å². The molecule has 0 saturated heterocycles. The molecule has 0 saturated carbocycles. The van der Waals surface area contributed by atoms with Crippen molar-refractivity contribution in [1.82, 2.24) is 4.98 Å². The Kier molecular flexibility index (Phi) is 3.36. The van der Waals surface area contributed by atoms with Gasteiger partial charge in [-0.25, -0.2) is 9.37 Å². The van der Waals surface area contributed by atoms with Crippen LogP contribution in [0.1, 0.15) is 16.1 Å². The van der Waals surface area contributed by atoms with E-state index < -0.39 is 5.82 Å². The Morgan fingerprint density at radius 3 is 2.71 bits per heavy atom. The van der Waals surface area contributed by atoms with Gasteiger partial charge in [-0.1, -0.05) is 24.3 Å². The number of nitrogens with zero attached hydrogens (tertiary/aromatic N) is 1. The standard InChI is InChI=1S/C17H12FNO2/c1-21-16-9-7-12(18)10-13(16)17(20)15-8-6-11-4-2-3-5-14(11)19-15/h2-10H,1H3. The number of benzene rings is 2. The molecule has 0 aliphatic rings. The third-order valence-electron chi connectivity index (χ3n) is 3.24. The Bertz CT molecular complexity index is 830. The smallest absolute Gasteiger partial charge is 0.215 e. The number of aromatic nitrogens is 1. The highest BCUT2D eigenvalue weighted by molar-refractivity contribution is 6.10. The maximum Gasteiger partial charge on any atom is 0.215 e. The van der Waals surface area contributed by atoms with Crippen LogP contribution >= 0.6 is 0 Å². The number of ether oxygens (including phenoxy) is 1. The molecule has 0 unspecified atom stereocenters. The summed E-state index contributed by atoms with van der Waals surface area (Å²) >= 11 is 0. The Hall–Kier alpha value is -2.75. The van der Waals surface area contributed by atoms with E-state index in [0.717, 1.165) is 17.0 Å². The fraction of sp³-hybridized carbons (Fsp3) is 0.0588. The SMILES string of the molecule is COc1ccc(F)cc1C(=O)c1ccc2ccccc2n1. The van der Waals surface area contributed by atoms with E-state index in [1.807, 2.05) is 30.3 Å². The van der Waals surface area contributed by atoms with Gasteiger partial charge < -0.3 is 4.74 Å². The van der Waals surface area contributed by atoms with Gasteiger partial charge in [0.25, 0.3) is 0 Å². The van der Waals surface area contributed by atoms with Crippen molar-refractivity contribution < 1.29 is 13.9 Å². The zero-order valence-electron chi connectivity index (χ0n) is 11.3. The van der Waals surface area contributed by atoms with Crippen LogP contribution < -0.4 is 4.74 Å². The van der Waals surface area contributed by atoms with Crippen molar-refractivity contribution in [3.05, 3.63) is 71.7 Å². The Labute approximate surface area is 121 Å². The zero-order valence-corrected chi connectivity index (χ0v) is 11.3. The van der Waals surface area contributed by atoms with Crippen LogP contribution in [0, 0.1) is 5.82 Å². The van der Waals surface area contributed by atoms with Gasteiger partial charge in [0.05, 0.1) is 18.2 Å². The second-order valence-electron chi connectivity index (χ2n) is 4.56. The molecule has 0 bridgehead atoms. The molecule has 0 N–H and O–H groups in total.